The van der Waals surface area contributed by atoms with Crippen LogP contribution < -0.4 is 0 Å². The normalized spacial score (nSPS) is 11.5. The number of aromatic nitrogens is 8. The molecule has 24 aromatic rings. The first kappa shape index (κ1) is 72.5. The molecule has 0 spiro atoms. The van der Waals surface area contributed by atoms with Gasteiger partial charge in [0.1, 0.15) is 0 Å². The molecule has 8 nitrogen and oxygen atoms in total. The topological polar surface area (TPSA) is 71.3 Å². The highest BCUT2D eigenvalue weighted by Gasteiger charge is 2.23. The zero-order chi connectivity index (χ0) is 82.0. The van der Waals surface area contributed by atoms with Crippen molar-refractivity contribution in [3.05, 3.63) is 461 Å². The van der Waals surface area contributed by atoms with Gasteiger partial charge in [0.25, 0.3) is 0 Å². The van der Waals surface area contributed by atoms with E-state index >= 15 is 0 Å². The van der Waals surface area contributed by atoms with Crippen molar-refractivity contribution < 1.29 is 0 Å². The molecule has 0 saturated heterocycles. The molecule has 0 bridgehead atoms. The van der Waals surface area contributed by atoms with Crippen LogP contribution in [0.5, 0.6) is 0 Å². The highest BCUT2D eigenvalue weighted by atomic mass is 15.0. The molecule has 0 radical (unpaired) electrons. The van der Waals surface area contributed by atoms with E-state index in [1.54, 1.807) is 0 Å². The van der Waals surface area contributed by atoms with Crippen molar-refractivity contribution in [3.63, 3.8) is 0 Å². The number of nitrogens with zero attached hydrogens (tertiary/aromatic N) is 8. The molecule has 0 fully saturated rings. The molecule has 0 aliphatic carbocycles. The Morgan fingerprint density at radius 3 is 0.879 bits per heavy atom. The highest BCUT2D eigenvalue weighted by Crippen LogP contribution is 2.45. The Labute approximate surface area is 716 Å². The standard InChI is InChI=1S/2C58H38N4/c1-4-17-39(18-5-1)51-38-52(60-58(59-51)40-19-6-2-7-20-40)44-23-14-22-43(35-44)47-29-16-32-55-57(47)50-28-11-13-31-54(50)62(55)46-26-15-21-41(36-46)42-33-34-49-48-27-10-12-30-53(48)61(56(49)37-42)45-24-8-3-9-25-45;1-4-17-39(18-5-1)51-38-52(60-58(59-51)40-19-6-2-7-20-40)44-23-14-22-43(35-44)47-29-16-32-56-57(47)49-28-11-13-31-54(49)62(56)46-26-15-21-41(36-46)42-33-34-55-50(37-42)48-27-10-12-30-53(48)61(55)45-24-8-3-9-25-45/h2*1-38H. The first-order valence-electron chi connectivity index (χ1n) is 42.1. The largest absolute Gasteiger partial charge is 0.309 e. The van der Waals surface area contributed by atoms with E-state index < -0.39 is 0 Å². The van der Waals surface area contributed by atoms with E-state index in [2.05, 4.69) is 431 Å². The Hall–Kier alpha value is -16.7. The lowest BCUT2D eigenvalue weighted by molar-refractivity contribution is 1.18. The number of fused-ring (bicyclic) bond motifs is 12. The predicted molar refractivity (Wildman–Crippen MR) is 516 cm³/mol. The molecule has 6 heterocycles. The maximum absolute atomic E-state index is 5.15. The fourth-order valence-corrected chi connectivity index (χ4v) is 18.6. The molecular formula is C116H76N8. The molecule has 24 rings (SSSR count). The van der Waals surface area contributed by atoms with Crippen LogP contribution in [0.1, 0.15) is 0 Å². The third-order valence-corrected chi connectivity index (χ3v) is 24.2. The maximum atomic E-state index is 5.15. The van der Waals surface area contributed by atoms with Gasteiger partial charge in [-0.15, -0.1) is 0 Å². The predicted octanol–water partition coefficient (Wildman–Crippen LogP) is 30.0. The first-order chi connectivity index (χ1) is 61.5. The second-order valence-electron chi connectivity index (χ2n) is 31.6. The third-order valence-electron chi connectivity index (χ3n) is 24.2. The van der Waals surface area contributed by atoms with E-state index in [0.29, 0.717) is 11.6 Å². The summed E-state index contributed by atoms with van der Waals surface area (Å²) in [6.07, 6.45) is 0. The Bertz CT molecular complexity index is 8090. The summed E-state index contributed by atoms with van der Waals surface area (Å²) in [6.45, 7) is 0. The van der Waals surface area contributed by atoms with Crippen molar-refractivity contribution in [3.8, 4) is 135 Å². The van der Waals surface area contributed by atoms with Gasteiger partial charge in [-0.1, -0.05) is 334 Å². The van der Waals surface area contributed by atoms with Crippen LogP contribution in [0.15, 0.2) is 461 Å². The van der Waals surface area contributed by atoms with Crippen molar-refractivity contribution in [1.29, 1.82) is 0 Å². The molecule has 8 heteroatoms. The Morgan fingerprint density at radius 1 is 0.137 bits per heavy atom. The van der Waals surface area contributed by atoms with Crippen LogP contribution in [0, 0.1) is 0 Å². The zero-order valence-electron chi connectivity index (χ0n) is 67.5. The molecule has 0 aliphatic heterocycles. The number of hydrogen-bond acceptors (Lipinski definition) is 4. The monoisotopic (exact) mass is 1580 g/mol. The lowest BCUT2D eigenvalue weighted by Crippen LogP contribution is -1.96. The van der Waals surface area contributed by atoms with Crippen molar-refractivity contribution in [2.45, 2.75) is 0 Å². The van der Waals surface area contributed by atoms with E-state index in [1.165, 1.54) is 110 Å². The molecule has 0 aliphatic rings. The fraction of sp³-hybridized carbons (Fsp3) is 0. The summed E-state index contributed by atoms with van der Waals surface area (Å²) in [7, 11) is 0. The molecule has 0 unspecified atom stereocenters. The minimum atomic E-state index is 0.707. The van der Waals surface area contributed by atoms with Crippen molar-refractivity contribution in [1.82, 2.24) is 38.2 Å². The maximum Gasteiger partial charge on any atom is 0.160 e. The van der Waals surface area contributed by atoms with Crippen LogP contribution in [0.4, 0.5) is 0 Å². The Morgan fingerprint density at radius 2 is 0.419 bits per heavy atom. The van der Waals surface area contributed by atoms with Gasteiger partial charge in [-0.05, 0) is 172 Å². The van der Waals surface area contributed by atoms with E-state index in [0.717, 1.165) is 101 Å². The molecule has 0 N–H and O–H groups in total. The summed E-state index contributed by atoms with van der Waals surface area (Å²) >= 11 is 0. The second kappa shape index (κ2) is 30.9. The summed E-state index contributed by atoms with van der Waals surface area (Å²) in [6, 6.07) is 164. The molecule has 18 aromatic carbocycles. The van der Waals surface area contributed by atoms with Gasteiger partial charge in [-0.2, -0.15) is 0 Å². The van der Waals surface area contributed by atoms with Gasteiger partial charge in [0.15, 0.2) is 11.6 Å². The molecule has 0 amide bonds. The Balaban J connectivity index is 0.000000143. The van der Waals surface area contributed by atoms with Gasteiger partial charge in [-0.25, -0.2) is 19.9 Å². The first-order valence-corrected chi connectivity index (χ1v) is 42.1. The van der Waals surface area contributed by atoms with Crippen LogP contribution in [0.3, 0.4) is 0 Å². The summed E-state index contributed by atoms with van der Waals surface area (Å²) in [5, 5.41) is 9.85. The van der Waals surface area contributed by atoms with Crippen LogP contribution in [-0.4, -0.2) is 38.2 Å². The van der Waals surface area contributed by atoms with Gasteiger partial charge in [0.2, 0.25) is 0 Å². The zero-order valence-corrected chi connectivity index (χ0v) is 67.5. The highest BCUT2D eigenvalue weighted by molar-refractivity contribution is 6.18. The van der Waals surface area contributed by atoms with Crippen molar-refractivity contribution in [2.75, 3.05) is 0 Å². The second-order valence-corrected chi connectivity index (χ2v) is 31.6. The smallest absolute Gasteiger partial charge is 0.160 e. The quantitative estimate of drug-likeness (QED) is 0.109. The van der Waals surface area contributed by atoms with Crippen LogP contribution in [0.25, 0.3) is 222 Å². The molecule has 6 aromatic heterocycles. The van der Waals surface area contributed by atoms with Gasteiger partial charge in [0.05, 0.1) is 66.9 Å². The summed E-state index contributed by atoms with van der Waals surface area (Å²) in [5.74, 6) is 1.41. The summed E-state index contributed by atoms with van der Waals surface area (Å²) in [5.41, 5.74) is 33.0. The van der Waals surface area contributed by atoms with E-state index in [1.807, 2.05) is 48.5 Å². The van der Waals surface area contributed by atoms with Gasteiger partial charge >= 0.3 is 0 Å². The van der Waals surface area contributed by atoms with Gasteiger partial charge in [0, 0.05) is 99.2 Å². The van der Waals surface area contributed by atoms with Crippen LogP contribution in [-0.2, 0) is 0 Å². The van der Waals surface area contributed by atoms with E-state index in [9.17, 15) is 0 Å². The molecule has 0 atom stereocenters. The van der Waals surface area contributed by atoms with Gasteiger partial charge < -0.3 is 18.3 Å². The number of benzene rings is 18. The van der Waals surface area contributed by atoms with Crippen molar-refractivity contribution in [2.24, 2.45) is 0 Å². The molecule has 124 heavy (non-hydrogen) atoms. The SMILES string of the molecule is c1ccc(-c2cc(-c3cccc(-c4cccc5c4c4ccccc4n5-c4cccc(-c5ccc6c(c5)c5ccccc5n6-c5ccccc5)c4)c3)nc(-c3ccccc3)n2)cc1.c1ccc(-c2cc(-c3cccc(-c4cccc5c4c4ccccc4n5-c4cccc(-c5ccc6c7ccccc7n(-c7ccccc7)c6c5)c4)c3)nc(-c3ccccc3)n2)cc1. The summed E-state index contributed by atoms with van der Waals surface area (Å²) < 4.78 is 9.60. The fourth-order valence-electron chi connectivity index (χ4n) is 18.6. The average molecular weight is 1580 g/mol. The van der Waals surface area contributed by atoms with Crippen molar-refractivity contribution >= 4 is 87.2 Å². The van der Waals surface area contributed by atoms with E-state index in [4.69, 9.17) is 19.9 Å². The lowest BCUT2D eigenvalue weighted by Gasteiger charge is -2.12. The molecular weight excluding hydrogens is 1510 g/mol. The number of hydrogen-bond donors (Lipinski definition) is 0. The van der Waals surface area contributed by atoms with Gasteiger partial charge in [-0.3, -0.25) is 0 Å². The average Bonchev–Trinajstić information content (AvgIpc) is 1.60. The van der Waals surface area contributed by atoms with Crippen LogP contribution >= 0.6 is 0 Å². The summed E-state index contributed by atoms with van der Waals surface area (Å²) in [4.78, 5) is 20.4. The minimum absolute atomic E-state index is 0.707. The minimum Gasteiger partial charge on any atom is -0.309 e. The Kier molecular flexibility index (Phi) is 18.1. The number of rotatable bonds is 14. The lowest BCUT2D eigenvalue weighted by atomic mass is 9.97. The van der Waals surface area contributed by atoms with Crippen LogP contribution in [0.2, 0.25) is 0 Å². The van der Waals surface area contributed by atoms with E-state index in [-0.39, 0.29) is 0 Å². The molecule has 0 saturated carbocycles. The molecule has 580 valence electrons. The third kappa shape index (κ3) is 13.0. The number of para-hydroxylation sites is 6.